The van der Waals surface area contributed by atoms with Gasteiger partial charge in [-0.1, -0.05) is 59.8 Å². The molecule has 2 atom stereocenters. The van der Waals surface area contributed by atoms with Crippen LogP contribution in [0.3, 0.4) is 0 Å². The van der Waals surface area contributed by atoms with Crippen LogP contribution in [-0.2, 0) is 0 Å². The molecule has 3 aromatic rings. The van der Waals surface area contributed by atoms with Crippen molar-refractivity contribution in [3.8, 4) is 0 Å². The smallest absolute Gasteiger partial charge is 0.260 e. The van der Waals surface area contributed by atoms with E-state index in [4.69, 9.17) is 10.3 Å². The van der Waals surface area contributed by atoms with Gasteiger partial charge in [-0.15, -0.1) is 4.91 Å². The van der Waals surface area contributed by atoms with E-state index in [1.807, 2.05) is 61.5 Å². The fraction of sp³-hybridized carbons (Fsp3) is 0.176. The molecule has 0 radical (unpaired) electrons. The number of hydrogen-bond donors (Lipinski definition) is 1. The van der Waals surface area contributed by atoms with Crippen LogP contribution in [0, 0.1) is 4.91 Å². The first kappa shape index (κ1) is 14.9. The Bertz CT molecular complexity index is 801. The van der Waals surface area contributed by atoms with Crippen molar-refractivity contribution in [3.63, 3.8) is 0 Å². The Morgan fingerprint density at radius 3 is 2.39 bits per heavy atom. The summed E-state index contributed by atoms with van der Waals surface area (Å²) in [7, 11) is 0. The average Bonchev–Trinajstić information content (AvgIpc) is 3.03. The normalized spacial score (nSPS) is 13.4. The molecule has 0 bridgehead atoms. The van der Waals surface area contributed by atoms with Gasteiger partial charge < -0.3 is 10.3 Å². The Hall–Kier alpha value is -3.02. The average molecular weight is 308 g/mol. The highest BCUT2D eigenvalue weighted by Gasteiger charge is 2.19. The molecule has 2 aromatic carbocycles. The quantitative estimate of drug-likeness (QED) is 0.726. The molecule has 0 saturated carbocycles. The molecule has 1 aromatic heterocycles. The van der Waals surface area contributed by atoms with Crippen LogP contribution < -0.4 is 5.73 Å². The predicted molar refractivity (Wildman–Crippen MR) is 86.7 cm³/mol. The standard InChI is InChI=1S/C17H16N4O2/c1-11(16-19-17(18)21-23-16)13-8-5-9-14(10-13)15(20-22)12-6-3-2-4-7-12/h2-11,15H,1H3,(H2,18,21). The van der Waals surface area contributed by atoms with Crippen LogP contribution in [0.2, 0.25) is 0 Å². The van der Waals surface area contributed by atoms with Crippen molar-refractivity contribution in [1.82, 2.24) is 10.1 Å². The third kappa shape index (κ3) is 3.11. The van der Waals surface area contributed by atoms with Crippen LogP contribution in [0.1, 0.15) is 41.5 Å². The van der Waals surface area contributed by atoms with E-state index in [1.165, 1.54) is 0 Å². The van der Waals surface area contributed by atoms with E-state index in [0.29, 0.717) is 5.89 Å². The molecule has 0 saturated heterocycles. The van der Waals surface area contributed by atoms with E-state index < -0.39 is 6.04 Å². The van der Waals surface area contributed by atoms with Gasteiger partial charge >= 0.3 is 0 Å². The monoisotopic (exact) mass is 308 g/mol. The zero-order chi connectivity index (χ0) is 16.2. The summed E-state index contributed by atoms with van der Waals surface area (Å²) < 4.78 is 5.12. The number of hydrogen-bond acceptors (Lipinski definition) is 6. The molecule has 1 heterocycles. The van der Waals surface area contributed by atoms with E-state index in [0.717, 1.165) is 16.7 Å². The van der Waals surface area contributed by atoms with Crippen molar-refractivity contribution in [3.05, 3.63) is 82.1 Å². The van der Waals surface area contributed by atoms with Gasteiger partial charge in [0.25, 0.3) is 5.95 Å². The third-order valence-electron chi connectivity index (χ3n) is 3.78. The van der Waals surface area contributed by atoms with Crippen molar-refractivity contribution >= 4 is 5.95 Å². The van der Waals surface area contributed by atoms with E-state index in [2.05, 4.69) is 15.3 Å². The lowest BCUT2D eigenvalue weighted by molar-refractivity contribution is 0.371. The fourth-order valence-corrected chi connectivity index (χ4v) is 2.51. The number of nitrogens with two attached hydrogens (primary N) is 1. The number of nitrogens with zero attached hydrogens (tertiary/aromatic N) is 3. The third-order valence-corrected chi connectivity index (χ3v) is 3.78. The molecule has 6 heteroatoms. The molecule has 23 heavy (non-hydrogen) atoms. The lowest BCUT2D eigenvalue weighted by Crippen LogP contribution is -2.01. The van der Waals surface area contributed by atoms with Gasteiger partial charge in [0, 0.05) is 0 Å². The SMILES string of the molecule is CC(c1cccc(C(N=O)c2ccccc2)c1)c1nc(N)no1. The first-order valence-corrected chi connectivity index (χ1v) is 7.25. The summed E-state index contributed by atoms with van der Waals surface area (Å²) in [4.78, 5) is 15.4. The minimum Gasteiger partial charge on any atom is -0.365 e. The summed E-state index contributed by atoms with van der Waals surface area (Å²) in [6.07, 6.45) is 0. The summed E-state index contributed by atoms with van der Waals surface area (Å²) in [6, 6.07) is 16.6. The van der Waals surface area contributed by atoms with Gasteiger partial charge in [0.1, 0.15) is 6.04 Å². The second kappa shape index (κ2) is 6.39. The van der Waals surface area contributed by atoms with E-state index in [1.54, 1.807) is 0 Å². The molecule has 0 amide bonds. The number of aromatic nitrogens is 2. The molecule has 2 N–H and O–H groups in total. The molecule has 116 valence electrons. The van der Waals surface area contributed by atoms with Crippen LogP contribution in [-0.4, -0.2) is 10.1 Å². The van der Waals surface area contributed by atoms with E-state index in [-0.39, 0.29) is 11.9 Å². The zero-order valence-electron chi connectivity index (χ0n) is 12.6. The van der Waals surface area contributed by atoms with Crippen molar-refractivity contribution in [2.45, 2.75) is 18.9 Å². The number of nitroso groups, excluding NO2 is 1. The lowest BCUT2D eigenvalue weighted by Gasteiger charge is -2.13. The Labute approximate surface area is 133 Å². The maximum absolute atomic E-state index is 11.4. The van der Waals surface area contributed by atoms with Gasteiger partial charge in [-0.05, 0) is 28.8 Å². The van der Waals surface area contributed by atoms with Gasteiger partial charge in [-0.25, -0.2) is 0 Å². The Morgan fingerprint density at radius 1 is 1.04 bits per heavy atom. The summed E-state index contributed by atoms with van der Waals surface area (Å²) in [5.41, 5.74) is 8.13. The summed E-state index contributed by atoms with van der Waals surface area (Å²) in [5, 5.41) is 6.89. The molecule has 2 unspecified atom stereocenters. The van der Waals surface area contributed by atoms with Gasteiger partial charge in [0.15, 0.2) is 0 Å². The first-order chi connectivity index (χ1) is 11.2. The number of anilines is 1. The van der Waals surface area contributed by atoms with E-state index in [9.17, 15) is 4.91 Å². The van der Waals surface area contributed by atoms with Crippen molar-refractivity contribution in [1.29, 1.82) is 0 Å². The van der Waals surface area contributed by atoms with Gasteiger partial charge in [-0.3, -0.25) is 0 Å². The van der Waals surface area contributed by atoms with Crippen molar-refractivity contribution in [2.75, 3.05) is 5.73 Å². The van der Waals surface area contributed by atoms with Crippen LogP contribution in [0.25, 0.3) is 0 Å². The summed E-state index contributed by atoms with van der Waals surface area (Å²) in [5.74, 6) is 0.428. The number of rotatable bonds is 5. The maximum Gasteiger partial charge on any atom is 0.260 e. The number of benzene rings is 2. The molecule has 0 fully saturated rings. The number of nitrogen functional groups attached to an aromatic ring is 1. The topological polar surface area (TPSA) is 94.4 Å². The Balaban J connectivity index is 1.94. The van der Waals surface area contributed by atoms with Crippen molar-refractivity contribution in [2.24, 2.45) is 5.18 Å². The highest BCUT2D eigenvalue weighted by atomic mass is 16.5. The minimum atomic E-state index is -0.545. The fourth-order valence-electron chi connectivity index (χ4n) is 2.51. The van der Waals surface area contributed by atoms with Crippen molar-refractivity contribution < 1.29 is 4.52 Å². The van der Waals surface area contributed by atoms with Gasteiger partial charge in [0.2, 0.25) is 5.89 Å². The molecule has 0 spiro atoms. The Morgan fingerprint density at radius 2 is 1.74 bits per heavy atom. The molecular weight excluding hydrogens is 292 g/mol. The molecule has 3 rings (SSSR count). The second-order valence-electron chi connectivity index (χ2n) is 5.30. The minimum absolute atomic E-state index is 0.111. The lowest BCUT2D eigenvalue weighted by atomic mass is 9.94. The highest BCUT2D eigenvalue weighted by molar-refractivity contribution is 5.36. The predicted octanol–water partition coefficient (Wildman–Crippen LogP) is 3.66. The Kier molecular flexibility index (Phi) is 4.14. The van der Waals surface area contributed by atoms with Crippen LogP contribution in [0.5, 0.6) is 0 Å². The molecular formula is C17H16N4O2. The van der Waals surface area contributed by atoms with Crippen LogP contribution in [0.4, 0.5) is 5.95 Å². The van der Waals surface area contributed by atoms with Gasteiger partial charge in [0.05, 0.1) is 5.92 Å². The maximum atomic E-state index is 11.4. The van der Waals surface area contributed by atoms with Crippen LogP contribution >= 0.6 is 0 Å². The highest BCUT2D eigenvalue weighted by Crippen LogP contribution is 2.30. The molecule has 0 aliphatic heterocycles. The molecule has 0 aliphatic rings. The second-order valence-corrected chi connectivity index (χ2v) is 5.30. The first-order valence-electron chi connectivity index (χ1n) is 7.25. The summed E-state index contributed by atoms with van der Waals surface area (Å²) in [6.45, 7) is 1.94. The largest absolute Gasteiger partial charge is 0.365 e. The van der Waals surface area contributed by atoms with Gasteiger partial charge in [-0.2, -0.15) is 4.98 Å². The van der Waals surface area contributed by atoms with E-state index >= 15 is 0 Å². The zero-order valence-corrected chi connectivity index (χ0v) is 12.6. The van der Waals surface area contributed by atoms with Crippen LogP contribution in [0.15, 0.2) is 64.3 Å². The molecule has 0 aliphatic carbocycles. The summed E-state index contributed by atoms with van der Waals surface area (Å²) >= 11 is 0. The molecule has 6 nitrogen and oxygen atoms in total.